The Morgan fingerprint density at radius 1 is 0.636 bits per heavy atom. The van der Waals surface area contributed by atoms with E-state index in [1.807, 2.05) is 0 Å². The Morgan fingerprint density at radius 3 is 1.53 bits per heavy atom. The van der Waals surface area contributed by atoms with Gasteiger partial charge in [0.25, 0.3) is 0 Å². The fourth-order valence-corrected chi connectivity index (χ4v) is 9.13. The van der Waals surface area contributed by atoms with Gasteiger partial charge in [-0.15, -0.1) is 0 Å². The van der Waals surface area contributed by atoms with Crippen molar-refractivity contribution in [1.29, 1.82) is 0 Å². The molecule has 4 aliphatic heterocycles. The molecule has 0 aromatic heterocycles. The van der Waals surface area contributed by atoms with Crippen molar-refractivity contribution in [1.82, 2.24) is 21.3 Å². The molecule has 4 amide bonds. The first-order valence-electron chi connectivity index (χ1n) is 23.8. The van der Waals surface area contributed by atoms with Gasteiger partial charge >= 0.3 is 5.97 Å². The van der Waals surface area contributed by atoms with Crippen LogP contribution in [0.1, 0.15) is 47.5 Å². The molecule has 442 valence electrons. The molecule has 0 aromatic carbocycles. The van der Waals surface area contributed by atoms with Crippen molar-refractivity contribution in [3.8, 4) is 0 Å². The van der Waals surface area contributed by atoms with Crippen molar-refractivity contribution in [2.24, 2.45) is 0 Å². The third-order valence-corrected chi connectivity index (χ3v) is 12.9. The number of carbonyl (C=O) groups excluding carboxylic acids is 7. The summed E-state index contributed by atoms with van der Waals surface area (Å²) in [6.45, 7) is 0.278. The van der Waals surface area contributed by atoms with Crippen LogP contribution in [0.4, 0.5) is 0 Å². The predicted molar refractivity (Wildman–Crippen MR) is 236 cm³/mol. The summed E-state index contributed by atoms with van der Waals surface area (Å²) in [6.07, 6.45) is -41.4. The van der Waals surface area contributed by atoms with E-state index in [0.717, 1.165) is 34.8 Å². The number of aliphatic hydroxyl groups is 12. The second-order valence-electron chi connectivity index (χ2n) is 18.7. The van der Waals surface area contributed by atoms with E-state index in [0.29, 0.717) is 0 Å². The maximum absolute atomic E-state index is 13.0. The standard InChI is InChI=1S/C43H70N4O30/c1-13(24(37(64)69-6)44-14(2)51)71-38-27(47-17(5)54)33(31(62)23(73-38)12-70-42(40(65)66)7-18(55)25(45-15(3)52)34(75-42)28(59)20(57)9-48)74-39-32(63)36(30(61)22(11-50)72-39)77-43(41(67)68)8-19(56)26(46-16(4)53)35(76-43)29(60)21(58)10-49/h13,18-36,38-39,48-50,55-63H,7-12H2,1-6H3,(H,44,51)(H,45,52)(H,46,53)(H,47,54)(H,65,66)(H,67,68)/p-2/t13-,18+,19+,20-,21-,22-,23-,24+,25-,26-,27-,28-,29-,30+,31+,32-,33-,34-,35-,36+,38+,39+,42-,43+/m1/s1. The minimum Gasteiger partial charge on any atom is -0.544 e. The molecule has 0 aromatic rings. The molecule has 4 heterocycles. The Kier molecular flexibility index (Phi) is 23.3. The molecule has 34 nitrogen and oxygen atoms in total. The number of aliphatic carboxylic acids is 2. The zero-order valence-corrected chi connectivity index (χ0v) is 42.2. The second kappa shape index (κ2) is 27.6. The first kappa shape index (κ1) is 65.0. The van der Waals surface area contributed by atoms with Gasteiger partial charge in [0.15, 0.2) is 18.6 Å². The van der Waals surface area contributed by atoms with Crippen molar-refractivity contribution < 1.29 is 148 Å². The highest BCUT2D eigenvalue weighted by Gasteiger charge is 2.59. The number of esters is 1. The van der Waals surface area contributed by atoms with Crippen molar-refractivity contribution >= 4 is 41.5 Å². The zero-order chi connectivity index (χ0) is 58.2. The average Bonchev–Trinajstić information content (AvgIpc) is 3.36. The molecule has 4 rings (SSSR count). The third kappa shape index (κ3) is 15.2. The smallest absolute Gasteiger partial charge is 0.331 e. The van der Waals surface area contributed by atoms with Gasteiger partial charge in [0.05, 0.1) is 63.9 Å². The number of hydrogen-bond donors (Lipinski definition) is 16. The van der Waals surface area contributed by atoms with Crippen LogP contribution in [0, 0.1) is 0 Å². The lowest BCUT2D eigenvalue weighted by Crippen LogP contribution is -2.72. The summed E-state index contributed by atoms with van der Waals surface area (Å²) in [4.78, 5) is 88.2. The lowest BCUT2D eigenvalue weighted by molar-refractivity contribution is -0.411. The van der Waals surface area contributed by atoms with Gasteiger partial charge < -0.3 is 145 Å². The second-order valence-corrected chi connectivity index (χ2v) is 18.7. The number of hydrogen-bond acceptors (Lipinski definition) is 30. The molecular weight excluding hydrogens is 1050 g/mol. The normalized spacial score (nSPS) is 37.8. The first-order chi connectivity index (χ1) is 35.9. The lowest BCUT2D eigenvalue weighted by atomic mass is 9.88. The Morgan fingerprint density at radius 2 is 1.09 bits per heavy atom. The fourth-order valence-electron chi connectivity index (χ4n) is 9.13. The molecule has 24 atom stereocenters. The molecule has 0 unspecified atom stereocenters. The Bertz CT molecular complexity index is 2050. The van der Waals surface area contributed by atoms with E-state index < -0.39 is 227 Å². The molecule has 4 saturated heterocycles. The Hall–Kier alpha value is -4.51. The summed E-state index contributed by atoms with van der Waals surface area (Å²) in [5.74, 6) is -15.8. The van der Waals surface area contributed by atoms with Gasteiger partial charge in [-0.2, -0.15) is 0 Å². The van der Waals surface area contributed by atoms with Crippen LogP contribution in [0.2, 0.25) is 0 Å². The lowest BCUT2D eigenvalue weighted by Gasteiger charge is -2.52. The maximum Gasteiger partial charge on any atom is 0.331 e. The number of ether oxygens (including phenoxy) is 9. The van der Waals surface area contributed by atoms with E-state index in [-0.39, 0.29) is 0 Å². The number of amides is 4. The maximum atomic E-state index is 13.0. The van der Waals surface area contributed by atoms with Crippen LogP contribution >= 0.6 is 0 Å². The van der Waals surface area contributed by atoms with E-state index in [1.54, 1.807) is 0 Å². The average molecular weight is 1120 g/mol. The highest BCUT2D eigenvalue weighted by molar-refractivity contribution is 5.83. The zero-order valence-electron chi connectivity index (χ0n) is 42.2. The van der Waals surface area contributed by atoms with Crippen molar-refractivity contribution in [2.75, 3.05) is 33.5 Å². The molecular formula is C43H68N4O30-2. The molecule has 0 radical (unpaired) electrons. The minimum atomic E-state index is -3.38. The number of aliphatic hydroxyl groups excluding tert-OH is 12. The molecule has 0 bridgehead atoms. The molecule has 4 aliphatic rings. The first-order valence-corrected chi connectivity index (χ1v) is 23.8. The Labute approximate surface area is 437 Å². The number of carboxylic acids is 2. The van der Waals surface area contributed by atoms with Gasteiger partial charge in [-0.25, -0.2) is 4.79 Å². The van der Waals surface area contributed by atoms with Crippen molar-refractivity contribution in [3.63, 3.8) is 0 Å². The van der Waals surface area contributed by atoms with E-state index in [4.69, 9.17) is 42.6 Å². The van der Waals surface area contributed by atoms with Gasteiger partial charge in [0.2, 0.25) is 35.2 Å². The number of carbonyl (C=O) groups is 7. The fraction of sp³-hybridized carbons (Fsp3) is 0.837. The van der Waals surface area contributed by atoms with Crippen molar-refractivity contribution in [2.45, 2.75) is 193 Å². The molecule has 16 N–H and O–H groups in total. The number of carboxylic acid groups (broad SMARTS) is 2. The van der Waals surface area contributed by atoms with Gasteiger partial charge in [-0.1, -0.05) is 0 Å². The van der Waals surface area contributed by atoms with Crippen LogP contribution in [0.5, 0.6) is 0 Å². The number of rotatable bonds is 24. The number of methoxy groups -OCH3 is 1. The van der Waals surface area contributed by atoms with E-state index in [9.17, 15) is 105 Å². The van der Waals surface area contributed by atoms with Crippen LogP contribution in [-0.2, 0) is 76.2 Å². The molecule has 77 heavy (non-hydrogen) atoms. The van der Waals surface area contributed by atoms with E-state index in [1.165, 1.54) is 6.92 Å². The third-order valence-electron chi connectivity index (χ3n) is 12.9. The van der Waals surface area contributed by atoms with Crippen LogP contribution in [0.15, 0.2) is 0 Å². The van der Waals surface area contributed by atoms with Gasteiger partial charge in [0.1, 0.15) is 97.3 Å². The van der Waals surface area contributed by atoms with Crippen LogP contribution in [0.25, 0.3) is 0 Å². The SMILES string of the molecule is COC(=O)[C@@H](NC(C)=O)[C@@H](C)O[C@H]1O[C@H](CO[C@]2(C(=O)[O-])C[C@H](O)[C@@H](NC(C)=O)[C@H]([C@H](O)[C@H](O)CO)O2)[C@H](O)[C@H](O[C@@H]2O[C@H](CO)[C@H](O)[C@H](O[C@]3(C(=O)[O-])C[C@H](O)[C@@H](NC(C)=O)[C@H]([C@H](O)[C@H](O)CO)O3)[C@H]2O)[C@H]1NC(C)=O. The summed E-state index contributed by atoms with van der Waals surface area (Å²) in [5.41, 5.74) is 0. The molecule has 0 spiro atoms. The van der Waals surface area contributed by atoms with E-state index >= 15 is 0 Å². The highest BCUT2D eigenvalue weighted by atomic mass is 16.8. The molecule has 4 fully saturated rings. The topological polar surface area (TPSA) is 540 Å². The Balaban J connectivity index is 1.83. The predicted octanol–water partition coefficient (Wildman–Crippen LogP) is -13.5. The summed E-state index contributed by atoms with van der Waals surface area (Å²) in [5, 5.41) is 165. The van der Waals surface area contributed by atoms with E-state index in [2.05, 4.69) is 21.3 Å². The van der Waals surface area contributed by atoms with Crippen LogP contribution in [-0.4, -0.2) is 282 Å². The summed E-state index contributed by atoms with van der Waals surface area (Å²) >= 11 is 0. The minimum absolute atomic E-state index is 0.795. The molecule has 0 saturated carbocycles. The highest BCUT2D eigenvalue weighted by Crippen LogP contribution is 2.39. The summed E-state index contributed by atoms with van der Waals surface area (Å²) < 4.78 is 51.0. The molecule has 0 aliphatic carbocycles. The van der Waals surface area contributed by atoms with Gasteiger partial charge in [-0.3, -0.25) is 19.2 Å². The van der Waals surface area contributed by atoms with Crippen LogP contribution in [0.3, 0.4) is 0 Å². The molecule has 34 heteroatoms. The summed E-state index contributed by atoms with van der Waals surface area (Å²) in [7, 11) is 0.949. The largest absolute Gasteiger partial charge is 0.544 e. The van der Waals surface area contributed by atoms with Crippen LogP contribution < -0.4 is 31.5 Å². The van der Waals surface area contributed by atoms with Crippen molar-refractivity contribution in [3.05, 3.63) is 0 Å². The summed E-state index contributed by atoms with van der Waals surface area (Å²) in [6, 6.07) is -6.99. The van der Waals surface area contributed by atoms with Gasteiger partial charge in [0, 0.05) is 40.5 Å². The van der Waals surface area contributed by atoms with Gasteiger partial charge in [-0.05, 0) is 6.92 Å². The monoisotopic (exact) mass is 1120 g/mol. The quantitative estimate of drug-likeness (QED) is 0.0399. The number of nitrogens with one attached hydrogen (secondary N) is 4.